The maximum absolute atomic E-state index is 12.6. The Balaban J connectivity index is 1.48. The van der Waals surface area contributed by atoms with Gasteiger partial charge in [-0.05, 0) is 56.2 Å². The number of pyridine rings is 1. The lowest BCUT2D eigenvalue weighted by Gasteiger charge is -2.29. The second-order valence-electron chi connectivity index (χ2n) is 6.62. The molecule has 2 aromatic heterocycles. The molecule has 4 nitrogen and oxygen atoms in total. The van der Waals surface area contributed by atoms with Gasteiger partial charge in [0.15, 0.2) is 0 Å². The molecule has 0 spiro atoms. The van der Waals surface area contributed by atoms with Gasteiger partial charge in [-0.25, -0.2) is 0 Å². The van der Waals surface area contributed by atoms with Crippen LogP contribution in [0.3, 0.4) is 0 Å². The highest BCUT2D eigenvalue weighted by Gasteiger charge is 2.34. The number of amides is 1. The molecule has 2 N–H and O–H groups in total. The standard InChI is InChI=1S/C18H21N3OS/c1-11-16(4-5-17(19-11)12-6-7-23-10-12)18(22)21-15-8-13-2-3-14(9-15)20-13/h4-7,10,13-15,20H,2-3,8-9H2,1H3,(H,21,22). The first kappa shape index (κ1) is 14.8. The quantitative estimate of drug-likeness (QED) is 0.910. The van der Waals surface area contributed by atoms with E-state index in [-0.39, 0.29) is 11.9 Å². The number of piperidine rings is 1. The van der Waals surface area contributed by atoms with Crippen LogP contribution >= 0.6 is 11.3 Å². The molecule has 0 saturated carbocycles. The highest BCUT2D eigenvalue weighted by molar-refractivity contribution is 7.08. The van der Waals surface area contributed by atoms with Crippen molar-refractivity contribution in [2.75, 3.05) is 0 Å². The summed E-state index contributed by atoms with van der Waals surface area (Å²) in [5, 5.41) is 10.9. The van der Waals surface area contributed by atoms with Gasteiger partial charge in [0.1, 0.15) is 0 Å². The van der Waals surface area contributed by atoms with Crippen LogP contribution in [-0.2, 0) is 0 Å². The Labute approximate surface area is 140 Å². The van der Waals surface area contributed by atoms with Crippen molar-refractivity contribution in [3.05, 3.63) is 40.2 Å². The van der Waals surface area contributed by atoms with Crippen molar-refractivity contribution in [1.82, 2.24) is 15.6 Å². The van der Waals surface area contributed by atoms with E-state index < -0.39 is 0 Å². The monoisotopic (exact) mass is 327 g/mol. The average molecular weight is 327 g/mol. The van der Waals surface area contributed by atoms with Gasteiger partial charge in [0.25, 0.3) is 5.91 Å². The largest absolute Gasteiger partial charge is 0.349 e. The molecular formula is C18H21N3OS. The molecule has 0 aliphatic carbocycles. The molecule has 2 fully saturated rings. The molecule has 5 heteroatoms. The van der Waals surface area contributed by atoms with E-state index >= 15 is 0 Å². The lowest BCUT2D eigenvalue weighted by Crippen LogP contribution is -2.48. The Hall–Kier alpha value is -1.72. The van der Waals surface area contributed by atoms with Crippen molar-refractivity contribution < 1.29 is 4.79 Å². The second kappa shape index (κ2) is 6.06. The van der Waals surface area contributed by atoms with E-state index in [9.17, 15) is 4.79 Å². The molecule has 4 heterocycles. The minimum Gasteiger partial charge on any atom is -0.349 e. The van der Waals surface area contributed by atoms with Crippen LogP contribution in [0.4, 0.5) is 0 Å². The number of nitrogens with zero attached hydrogens (tertiary/aromatic N) is 1. The number of nitrogens with one attached hydrogen (secondary N) is 2. The summed E-state index contributed by atoms with van der Waals surface area (Å²) < 4.78 is 0. The molecule has 2 aromatic rings. The van der Waals surface area contributed by atoms with E-state index in [4.69, 9.17) is 0 Å². The summed E-state index contributed by atoms with van der Waals surface area (Å²) in [6.07, 6.45) is 4.57. The molecule has 2 unspecified atom stereocenters. The van der Waals surface area contributed by atoms with Crippen LogP contribution in [0.2, 0.25) is 0 Å². The molecule has 23 heavy (non-hydrogen) atoms. The zero-order chi connectivity index (χ0) is 15.8. The normalized spacial score (nSPS) is 26.2. The first-order valence-electron chi connectivity index (χ1n) is 8.26. The second-order valence-corrected chi connectivity index (χ2v) is 7.40. The number of rotatable bonds is 3. The number of aryl methyl sites for hydroxylation is 1. The first-order chi connectivity index (χ1) is 11.2. The smallest absolute Gasteiger partial charge is 0.253 e. The summed E-state index contributed by atoms with van der Waals surface area (Å²) >= 11 is 1.66. The number of hydrogen-bond donors (Lipinski definition) is 2. The fourth-order valence-corrected chi connectivity index (χ4v) is 4.46. The Kier molecular flexibility index (Phi) is 3.91. The Bertz CT molecular complexity index is 701. The lowest BCUT2D eigenvalue weighted by atomic mass is 9.99. The fourth-order valence-electron chi connectivity index (χ4n) is 3.81. The fraction of sp³-hybridized carbons (Fsp3) is 0.444. The Morgan fingerprint density at radius 1 is 1.26 bits per heavy atom. The third-order valence-electron chi connectivity index (χ3n) is 4.96. The van der Waals surface area contributed by atoms with Crippen LogP contribution in [0.15, 0.2) is 29.0 Å². The summed E-state index contributed by atoms with van der Waals surface area (Å²) in [5.74, 6) is 0.0122. The highest BCUT2D eigenvalue weighted by atomic mass is 32.1. The van der Waals surface area contributed by atoms with Gasteiger partial charge in [0.2, 0.25) is 0 Å². The summed E-state index contributed by atoms with van der Waals surface area (Å²) in [4.78, 5) is 17.2. The van der Waals surface area contributed by atoms with Gasteiger partial charge < -0.3 is 10.6 Å². The Morgan fingerprint density at radius 2 is 2.04 bits per heavy atom. The zero-order valence-electron chi connectivity index (χ0n) is 13.2. The van der Waals surface area contributed by atoms with Crippen molar-refractivity contribution >= 4 is 17.2 Å². The minimum atomic E-state index is 0.0122. The first-order valence-corrected chi connectivity index (χ1v) is 9.20. The predicted octanol–water partition coefficient (Wildman–Crippen LogP) is 3.13. The van der Waals surface area contributed by atoms with Crippen LogP contribution in [0.5, 0.6) is 0 Å². The summed E-state index contributed by atoms with van der Waals surface area (Å²) in [6.45, 7) is 1.91. The van der Waals surface area contributed by atoms with Gasteiger partial charge >= 0.3 is 0 Å². The summed E-state index contributed by atoms with van der Waals surface area (Å²) in [7, 11) is 0. The van der Waals surface area contributed by atoms with Crippen molar-refractivity contribution in [2.45, 2.75) is 50.7 Å². The van der Waals surface area contributed by atoms with E-state index in [0.717, 1.165) is 29.8 Å². The maximum Gasteiger partial charge on any atom is 0.253 e. The van der Waals surface area contributed by atoms with Gasteiger partial charge in [-0.1, -0.05) is 0 Å². The topological polar surface area (TPSA) is 54.0 Å². The molecule has 120 valence electrons. The van der Waals surface area contributed by atoms with Crippen LogP contribution in [-0.4, -0.2) is 29.0 Å². The Morgan fingerprint density at radius 3 is 2.70 bits per heavy atom. The van der Waals surface area contributed by atoms with Crippen molar-refractivity contribution in [2.24, 2.45) is 0 Å². The third-order valence-corrected chi connectivity index (χ3v) is 5.64. The van der Waals surface area contributed by atoms with E-state index in [2.05, 4.69) is 27.1 Å². The summed E-state index contributed by atoms with van der Waals surface area (Å²) in [6, 6.07) is 7.35. The number of carbonyl (C=O) groups is 1. The van der Waals surface area contributed by atoms with Gasteiger partial charge in [-0.15, -0.1) is 0 Å². The number of fused-ring (bicyclic) bond motifs is 2. The number of thiophene rings is 1. The van der Waals surface area contributed by atoms with Gasteiger partial charge in [-0.2, -0.15) is 11.3 Å². The minimum absolute atomic E-state index is 0.0122. The number of hydrogen-bond acceptors (Lipinski definition) is 4. The van der Waals surface area contributed by atoms with E-state index in [0.29, 0.717) is 17.6 Å². The number of carbonyl (C=O) groups excluding carboxylic acids is 1. The van der Waals surface area contributed by atoms with Crippen molar-refractivity contribution in [3.8, 4) is 11.3 Å². The highest BCUT2D eigenvalue weighted by Crippen LogP contribution is 2.27. The molecule has 4 rings (SSSR count). The van der Waals surface area contributed by atoms with E-state index in [1.54, 1.807) is 11.3 Å². The third kappa shape index (κ3) is 3.03. The molecule has 2 saturated heterocycles. The predicted molar refractivity (Wildman–Crippen MR) is 92.7 cm³/mol. The summed E-state index contributed by atoms with van der Waals surface area (Å²) in [5.41, 5.74) is 3.53. The van der Waals surface area contributed by atoms with Crippen molar-refractivity contribution in [3.63, 3.8) is 0 Å². The van der Waals surface area contributed by atoms with Gasteiger partial charge in [0, 0.05) is 29.1 Å². The maximum atomic E-state index is 12.6. The molecule has 0 aromatic carbocycles. The average Bonchev–Trinajstić information content (AvgIpc) is 3.17. The SMILES string of the molecule is Cc1nc(-c2ccsc2)ccc1C(=O)NC1CC2CCC(C1)N2. The van der Waals surface area contributed by atoms with E-state index in [1.807, 2.05) is 24.4 Å². The lowest BCUT2D eigenvalue weighted by molar-refractivity contribution is 0.0923. The molecule has 2 aliphatic heterocycles. The molecule has 2 atom stereocenters. The van der Waals surface area contributed by atoms with Crippen LogP contribution in [0, 0.1) is 6.92 Å². The van der Waals surface area contributed by atoms with Crippen LogP contribution in [0.1, 0.15) is 41.7 Å². The van der Waals surface area contributed by atoms with Gasteiger partial charge in [-0.3, -0.25) is 9.78 Å². The van der Waals surface area contributed by atoms with Crippen LogP contribution in [0.25, 0.3) is 11.3 Å². The molecule has 2 aliphatic rings. The molecule has 2 bridgehead atoms. The van der Waals surface area contributed by atoms with Gasteiger partial charge in [0.05, 0.1) is 17.0 Å². The number of aromatic nitrogens is 1. The molecule has 1 amide bonds. The molecule has 0 radical (unpaired) electrons. The van der Waals surface area contributed by atoms with E-state index in [1.165, 1.54) is 12.8 Å². The molecular weight excluding hydrogens is 306 g/mol. The zero-order valence-corrected chi connectivity index (χ0v) is 14.0. The van der Waals surface area contributed by atoms with Crippen LogP contribution < -0.4 is 10.6 Å². The van der Waals surface area contributed by atoms with Crippen molar-refractivity contribution in [1.29, 1.82) is 0 Å².